The zero-order valence-corrected chi connectivity index (χ0v) is 14.8. The SMILES string of the molecule is CCS(=O)(=O)C1CCN(C(=O)CN2C(=O)c3ccccc3C2=O)CC1. The molecule has 2 aliphatic rings. The van der Waals surface area contributed by atoms with Gasteiger partial charge in [0.25, 0.3) is 11.8 Å². The lowest BCUT2D eigenvalue weighted by atomic mass is 10.1. The van der Waals surface area contributed by atoms with Crippen molar-refractivity contribution in [1.82, 2.24) is 9.80 Å². The Morgan fingerprint density at radius 2 is 1.60 bits per heavy atom. The Morgan fingerprint density at radius 1 is 1.08 bits per heavy atom. The van der Waals surface area contributed by atoms with Crippen molar-refractivity contribution in [2.24, 2.45) is 0 Å². The third kappa shape index (κ3) is 3.18. The van der Waals surface area contributed by atoms with Gasteiger partial charge in [0.15, 0.2) is 9.84 Å². The molecule has 3 rings (SSSR count). The van der Waals surface area contributed by atoms with Crippen LogP contribution in [-0.2, 0) is 14.6 Å². The molecule has 2 aliphatic heterocycles. The third-order valence-corrected chi connectivity index (χ3v) is 7.17. The average Bonchev–Trinajstić information content (AvgIpc) is 2.87. The Hall–Kier alpha value is -2.22. The van der Waals surface area contributed by atoms with Crippen LogP contribution in [0.1, 0.15) is 40.5 Å². The topological polar surface area (TPSA) is 91.8 Å². The van der Waals surface area contributed by atoms with Crippen molar-refractivity contribution in [2.45, 2.75) is 25.0 Å². The Kier molecular flexibility index (Phi) is 4.64. The maximum atomic E-state index is 12.5. The number of piperidine rings is 1. The Morgan fingerprint density at radius 3 is 2.08 bits per heavy atom. The first-order valence-electron chi connectivity index (χ1n) is 8.29. The Bertz CT molecular complexity index is 790. The molecule has 2 heterocycles. The zero-order chi connectivity index (χ0) is 18.2. The van der Waals surface area contributed by atoms with E-state index < -0.39 is 26.9 Å². The molecule has 1 fully saturated rings. The molecular formula is C17H20N2O5S. The van der Waals surface area contributed by atoms with Crippen LogP contribution in [0.4, 0.5) is 0 Å². The van der Waals surface area contributed by atoms with Gasteiger partial charge in [-0.15, -0.1) is 0 Å². The summed E-state index contributed by atoms with van der Waals surface area (Å²) in [5, 5.41) is -0.416. The normalized spacial score (nSPS) is 18.6. The predicted octanol–water partition coefficient (Wildman–Crippen LogP) is 0.708. The van der Waals surface area contributed by atoms with Gasteiger partial charge in [0.1, 0.15) is 6.54 Å². The molecule has 0 bridgehead atoms. The molecule has 0 aliphatic carbocycles. The molecule has 25 heavy (non-hydrogen) atoms. The highest BCUT2D eigenvalue weighted by Crippen LogP contribution is 2.23. The van der Waals surface area contributed by atoms with E-state index in [1.807, 2.05) is 0 Å². The van der Waals surface area contributed by atoms with Crippen LogP contribution in [0.15, 0.2) is 24.3 Å². The van der Waals surface area contributed by atoms with E-state index in [1.165, 1.54) is 4.90 Å². The first kappa shape index (κ1) is 17.6. The van der Waals surface area contributed by atoms with Crippen LogP contribution in [0.2, 0.25) is 0 Å². The van der Waals surface area contributed by atoms with Crippen LogP contribution in [0.5, 0.6) is 0 Å². The zero-order valence-electron chi connectivity index (χ0n) is 14.0. The molecule has 0 saturated carbocycles. The second-order valence-corrected chi connectivity index (χ2v) is 8.84. The number of hydrogen-bond donors (Lipinski definition) is 0. The van der Waals surface area contributed by atoms with Gasteiger partial charge in [0.2, 0.25) is 5.91 Å². The first-order chi connectivity index (χ1) is 11.8. The van der Waals surface area contributed by atoms with Gasteiger partial charge >= 0.3 is 0 Å². The number of carbonyl (C=O) groups is 3. The summed E-state index contributed by atoms with van der Waals surface area (Å²) in [7, 11) is -3.10. The minimum atomic E-state index is -3.10. The van der Waals surface area contributed by atoms with Crippen molar-refractivity contribution in [3.63, 3.8) is 0 Å². The number of likely N-dealkylation sites (tertiary alicyclic amines) is 1. The number of amides is 3. The van der Waals surface area contributed by atoms with E-state index in [0.29, 0.717) is 37.1 Å². The molecule has 1 aromatic carbocycles. The molecule has 1 aromatic rings. The van der Waals surface area contributed by atoms with Gasteiger partial charge < -0.3 is 4.90 Å². The fourth-order valence-electron chi connectivity index (χ4n) is 3.32. The molecule has 0 unspecified atom stereocenters. The summed E-state index contributed by atoms with van der Waals surface area (Å²) < 4.78 is 23.8. The maximum Gasteiger partial charge on any atom is 0.262 e. The Labute approximate surface area is 146 Å². The molecule has 0 radical (unpaired) electrons. The van der Waals surface area contributed by atoms with Crippen LogP contribution in [0, 0.1) is 0 Å². The number of hydrogen-bond acceptors (Lipinski definition) is 5. The molecule has 134 valence electrons. The predicted molar refractivity (Wildman–Crippen MR) is 90.9 cm³/mol. The molecule has 3 amide bonds. The monoisotopic (exact) mass is 364 g/mol. The summed E-state index contributed by atoms with van der Waals surface area (Å²) in [6, 6.07) is 6.49. The molecule has 0 spiro atoms. The van der Waals surface area contributed by atoms with Crippen LogP contribution in [0.25, 0.3) is 0 Å². The number of sulfone groups is 1. The second kappa shape index (κ2) is 6.59. The summed E-state index contributed by atoms with van der Waals surface area (Å²) in [6.07, 6.45) is 0.786. The highest BCUT2D eigenvalue weighted by atomic mass is 32.2. The number of benzene rings is 1. The van der Waals surface area contributed by atoms with E-state index in [1.54, 1.807) is 31.2 Å². The molecular weight excluding hydrogens is 344 g/mol. The smallest absolute Gasteiger partial charge is 0.262 e. The molecule has 0 atom stereocenters. The van der Waals surface area contributed by atoms with Crippen LogP contribution >= 0.6 is 0 Å². The summed E-state index contributed by atoms with van der Waals surface area (Å²) in [5.74, 6) is -1.16. The first-order valence-corrected chi connectivity index (χ1v) is 10.0. The van der Waals surface area contributed by atoms with Gasteiger partial charge in [0, 0.05) is 18.8 Å². The minimum absolute atomic E-state index is 0.0979. The van der Waals surface area contributed by atoms with E-state index in [4.69, 9.17) is 0 Å². The van der Waals surface area contributed by atoms with Crippen LogP contribution in [-0.4, -0.2) is 66.6 Å². The molecule has 7 nitrogen and oxygen atoms in total. The van der Waals surface area contributed by atoms with E-state index in [2.05, 4.69) is 0 Å². The van der Waals surface area contributed by atoms with Crippen molar-refractivity contribution < 1.29 is 22.8 Å². The second-order valence-electron chi connectivity index (χ2n) is 6.27. The lowest BCUT2D eigenvalue weighted by Gasteiger charge is -2.32. The number of fused-ring (bicyclic) bond motifs is 1. The standard InChI is InChI=1S/C17H20N2O5S/c1-2-25(23,24)12-7-9-18(10-8-12)15(20)11-19-16(21)13-5-3-4-6-14(13)17(19)22/h3-6,12H,2,7-11H2,1H3. The third-order valence-electron chi connectivity index (χ3n) is 4.88. The Balaban J connectivity index is 1.63. The average molecular weight is 364 g/mol. The lowest BCUT2D eigenvalue weighted by Crippen LogP contribution is -2.47. The summed E-state index contributed by atoms with van der Waals surface area (Å²) in [6.45, 7) is 1.96. The summed E-state index contributed by atoms with van der Waals surface area (Å²) in [4.78, 5) is 39.6. The van der Waals surface area contributed by atoms with Crippen LogP contribution < -0.4 is 0 Å². The summed E-state index contributed by atoms with van der Waals surface area (Å²) in [5.41, 5.74) is 0.626. The molecule has 0 aromatic heterocycles. The van der Waals surface area contributed by atoms with E-state index >= 15 is 0 Å². The van der Waals surface area contributed by atoms with Gasteiger partial charge in [-0.3, -0.25) is 19.3 Å². The largest absolute Gasteiger partial charge is 0.341 e. The van der Waals surface area contributed by atoms with E-state index in [9.17, 15) is 22.8 Å². The van der Waals surface area contributed by atoms with Crippen molar-refractivity contribution in [3.05, 3.63) is 35.4 Å². The summed E-state index contributed by atoms with van der Waals surface area (Å²) >= 11 is 0. The number of imide groups is 1. The van der Waals surface area contributed by atoms with Gasteiger partial charge in [-0.1, -0.05) is 19.1 Å². The quantitative estimate of drug-likeness (QED) is 0.734. The van der Waals surface area contributed by atoms with Crippen molar-refractivity contribution in [1.29, 1.82) is 0 Å². The van der Waals surface area contributed by atoms with Crippen molar-refractivity contribution >= 4 is 27.6 Å². The van der Waals surface area contributed by atoms with Crippen molar-refractivity contribution in [2.75, 3.05) is 25.4 Å². The van der Waals surface area contributed by atoms with Gasteiger partial charge in [-0.05, 0) is 25.0 Å². The van der Waals surface area contributed by atoms with E-state index in [-0.39, 0.29) is 18.2 Å². The van der Waals surface area contributed by atoms with Crippen molar-refractivity contribution in [3.8, 4) is 0 Å². The van der Waals surface area contributed by atoms with Gasteiger partial charge in [0.05, 0.1) is 16.4 Å². The fourth-order valence-corrected chi connectivity index (χ4v) is 4.72. The number of nitrogens with zero attached hydrogens (tertiary/aromatic N) is 2. The minimum Gasteiger partial charge on any atom is -0.341 e. The highest BCUT2D eigenvalue weighted by Gasteiger charge is 2.38. The fraction of sp³-hybridized carbons (Fsp3) is 0.471. The lowest BCUT2D eigenvalue weighted by molar-refractivity contribution is -0.132. The number of rotatable bonds is 4. The molecule has 0 N–H and O–H groups in total. The maximum absolute atomic E-state index is 12.5. The number of carbonyl (C=O) groups excluding carboxylic acids is 3. The van der Waals surface area contributed by atoms with Gasteiger partial charge in [-0.25, -0.2) is 8.42 Å². The van der Waals surface area contributed by atoms with Crippen LogP contribution in [0.3, 0.4) is 0 Å². The molecule has 1 saturated heterocycles. The molecule has 8 heteroatoms. The highest BCUT2D eigenvalue weighted by molar-refractivity contribution is 7.92. The van der Waals surface area contributed by atoms with Gasteiger partial charge in [-0.2, -0.15) is 0 Å². The van der Waals surface area contributed by atoms with E-state index in [0.717, 1.165) is 4.90 Å².